The van der Waals surface area contributed by atoms with E-state index in [0.29, 0.717) is 6.04 Å². The molecule has 2 aromatic heterocycles. The fourth-order valence-electron chi connectivity index (χ4n) is 3.69. The Bertz CT molecular complexity index is 869. The lowest BCUT2D eigenvalue weighted by Crippen LogP contribution is -2.31. The van der Waals surface area contributed by atoms with Crippen LogP contribution in [0.4, 0.5) is 0 Å². The van der Waals surface area contributed by atoms with Crippen LogP contribution in [-0.2, 0) is 6.54 Å². The lowest BCUT2D eigenvalue weighted by molar-refractivity contribution is 0.264. The maximum absolute atomic E-state index is 10.3. The predicted molar refractivity (Wildman–Crippen MR) is 101 cm³/mol. The Morgan fingerprint density at radius 1 is 1.24 bits per heavy atom. The van der Waals surface area contributed by atoms with Crippen LogP contribution in [0.5, 0.6) is 5.88 Å². The van der Waals surface area contributed by atoms with Gasteiger partial charge in [-0.15, -0.1) is 0 Å². The van der Waals surface area contributed by atoms with E-state index in [-0.39, 0.29) is 5.88 Å². The van der Waals surface area contributed by atoms with Gasteiger partial charge in [0, 0.05) is 42.8 Å². The molecule has 1 unspecified atom stereocenters. The summed E-state index contributed by atoms with van der Waals surface area (Å²) in [5, 5.41) is 11.3. The number of nitrogens with zero attached hydrogens (tertiary/aromatic N) is 3. The number of hydrogen-bond acceptors (Lipinski definition) is 4. The van der Waals surface area contributed by atoms with E-state index in [1.54, 1.807) is 0 Å². The standard InChI is InChI=1S/C20H24N4O/c1-23(2)15-9-10-24(13-15)12-14-7-8-18(21-11-14)19-16-5-3-4-6-17(16)22-20(19)25/h3-8,11,15,22,25H,9-10,12-13H2,1-2H3. The van der Waals surface area contributed by atoms with Gasteiger partial charge in [0.2, 0.25) is 0 Å². The molecule has 0 radical (unpaired) electrons. The predicted octanol–water partition coefficient (Wildman–Crippen LogP) is 3.07. The molecule has 130 valence electrons. The smallest absolute Gasteiger partial charge is 0.199 e. The fourth-order valence-corrected chi connectivity index (χ4v) is 3.69. The summed E-state index contributed by atoms with van der Waals surface area (Å²) in [6, 6.07) is 12.7. The van der Waals surface area contributed by atoms with Crippen molar-refractivity contribution in [2.45, 2.75) is 19.0 Å². The highest BCUT2D eigenvalue weighted by molar-refractivity contribution is 5.97. The van der Waals surface area contributed by atoms with Crippen molar-refractivity contribution in [1.82, 2.24) is 19.8 Å². The maximum atomic E-state index is 10.3. The first kappa shape index (κ1) is 16.1. The highest BCUT2D eigenvalue weighted by Gasteiger charge is 2.23. The van der Waals surface area contributed by atoms with Gasteiger partial charge < -0.3 is 15.0 Å². The van der Waals surface area contributed by atoms with Gasteiger partial charge in [0.05, 0.1) is 11.3 Å². The summed E-state index contributed by atoms with van der Waals surface area (Å²) in [6.45, 7) is 3.17. The van der Waals surface area contributed by atoms with Crippen molar-refractivity contribution in [3.63, 3.8) is 0 Å². The van der Waals surface area contributed by atoms with Gasteiger partial charge in [-0.05, 0) is 38.2 Å². The van der Waals surface area contributed by atoms with E-state index in [4.69, 9.17) is 0 Å². The lowest BCUT2D eigenvalue weighted by Gasteiger charge is -2.20. The van der Waals surface area contributed by atoms with Crippen molar-refractivity contribution >= 4 is 10.9 Å². The number of H-pyrrole nitrogens is 1. The molecule has 5 nitrogen and oxygen atoms in total. The van der Waals surface area contributed by atoms with Crippen LogP contribution < -0.4 is 0 Å². The van der Waals surface area contributed by atoms with Crippen LogP contribution in [0.3, 0.4) is 0 Å². The monoisotopic (exact) mass is 336 g/mol. The summed E-state index contributed by atoms with van der Waals surface area (Å²) in [5.41, 5.74) is 3.71. The zero-order valence-corrected chi connectivity index (χ0v) is 14.7. The number of aromatic hydroxyl groups is 1. The third-order valence-electron chi connectivity index (χ3n) is 5.15. The van der Waals surface area contributed by atoms with E-state index < -0.39 is 0 Å². The molecule has 0 bridgehead atoms. The van der Waals surface area contributed by atoms with Crippen molar-refractivity contribution in [1.29, 1.82) is 0 Å². The average Bonchev–Trinajstić information content (AvgIpc) is 3.19. The third-order valence-corrected chi connectivity index (χ3v) is 5.15. The Hall–Kier alpha value is -2.37. The van der Waals surface area contributed by atoms with E-state index >= 15 is 0 Å². The van der Waals surface area contributed by atoms with Crippen LogP contribution in [0.25, 0.3) is 22.2 Å². The Balaban J connectivity index is 1.53. The molecule has 0 aliphatic carbocycles. The molecule has 2 N–H and O–H groups in total. The molecule has 1 aliphatic heterocycles. The number of benzene rings is 1. The molecular weight excluding hydrogens is 312 g/mol. The van der Waals surface area contributed by atoms with E-state index in [9.17, 15) is 5.11 Å². The summed E-state index contributed by atoms with van der Waals surface area (Å²) < 4.78 is 0. The van der Waals surface area contributed by atoms with Gasteiger partial charge in [-0.2, -0.15) is 0 Å². The molecule has 4 rings (SSSR count). The average molecular weight is 336 g/mol. The van der Waals surface area contributed by atoms with Gasteiger partial charge in [-0.1, -0.05) is 24.3 Å². The zero-order valence-electron chi connectivity index (χ0n) is 14.7. The molecular formula is C20H24N4O. The third kappa shape index (κ3) is 3.13. The van der Waals surface area contributed by atoms with E-state index in [1.807, 2.05) is 36.5 Å². The van der Waals surface area contributed by atoms with E-state index in [2.05, 4.69) is 39.9 Å². The lowest BCUT2D eigenvalue weighted by atomic mass is 10.1. The van der Waals surface area contributed by atoms with Crippen molar-refractivity contribution in [2.24, 2.45) is 0 Å². The van der Waals surface area contributed by atoms with Crippen molar-refractivity contribution in [3.05, 3.63) is 48.2 Å². The largest absolute Gasteiger partial charge is 0.494 e. The van der Waals surface area contributed by atoms with Gasteiger partial charge >= 0.3 is 0 Å². The highest BCUT2D eigenvalue weighted by atomic mass is 16.3. The number of nitrogens with one attached hydrogen (secondary N) is 1. The normalized spacial score (nSPS) is 18.4. The molecule has 0 amide bonds. The van der Waals surface area contributed by atoms with Gasteiger partial charge in [-0.25, -0.2) is 0 Å². The molecule has 1 fully saturated rings. The first-order valence-corrected chi connectivity index (χ1v) is 8.75. The molecule has 25 heavy (non-hydrogen) atoms. The number of pyridine rings is 1. The summed E-state index contributed by atoms with van der Waals surface area (Å²) in [6.07, 6.45) is 3.15. The van der Waals surface area contributed by atoms with Crippen LogP contribution in [0.2, 0.25) is 0 Å². The number of likely N-dealkylation sites (tertiary alicyclic amines) is 1. The number of aromatic nitrogens is 2. The number of aromatic amines is 1. The van der Waals surface area contributed by atoms with E-state index in [0.717, 1.165) is 41.8 Å². The first-order valence-electron chi connectivity index (χ1n) is 8.75. The van der Waals surface area contributed by atoms with Gasteiger partial charge in [-0.3, -0.25) is 9.88 Å². The summed E-state index contributed by atoms with van der Waals surface area (Å²) >= 11 is 0. The van der Waals surface area contributed by atoms with Crippen LogP contribution in [0.15, 0.2) is 42.6 Å². The Labute approximate surface area is 147 Å². The maximum Gasteiger partial charge on any atom is 0.199 e. The van der Waals surface area contributed by atoms with Crippen molar-refractivity contribution < 1.29 is 5.11 Å². The summed E-state index contributed by atoms with van der Waals surface area (Å²) in [7, 11) is 4.30. The van der Waals surface area contributed by atoms with Crippen LogP contribution in [0, 0.1) is 0 Å². The molecule has 1 atom stereocenters. The number of likely N-dealkylation sites (N-methyl/N-ethyl adjacent to an activating group) is 1. The quantitative estimate of drug-likeness (QED) is 0.769. The zero-order chi connectivity index (χ0) is 17.4. The first-order chi connectivity index (χ1) is 12.1. The minimum Gasteiger partial charge on any atom is -0.494 e. The topological polar surface area (TPSA) is 55.4 Å². The van der Waals surface area contributed by atoms with E-state index in [1.165, 1.54) is 12.0 Å². The Morgan fingerprint density at radius 2 is 2.08 bits per heavy atom. The second-order valence-corrected chi connectivity index (χ2v) is 7.09. The van der Waals surface area contributed by atoms with Gasteiger partial charge in [0.15, 0.2) is 5.88 Å². The number of hydrogen-bond donors (Lipinski definition) is 2. The minimum absolute atomic E-state index is 0.176. The second kappa shape index (κ2) is 6.50. The molecule has 3 aromatic rings. The van der Waals surface area contributed by atoms with Crippen molar-refractivity contribution in [3.8, 4) is 17.1 Å². The number of para-hydroxylation sites is 1. The molecule has 0 saturated carbocycles. The molecule has 1 saturated heterocycles. The van der Waals surface area contributed by atoms with Crippen LogP contribution in [0.1, 0.15) is 12.0 Å². The SMILES string of the molecule is CN(C)C1CCN(Cc2ccc(-c3c(O)[nH]c4ccccc34)nc2)C1. The fraction of sp³-hybridized carbons (Fsp3) is 0.350. The number of rotatable bonds is 4. The second-order valence-electron chi connectivity index (χ2n) is 7.09. The molecule has 1 aromatic carbocycles. The van der Waals surface area contributed by atoms with Crippen LogP contribution in [-0.4, -0.2) is 58.1 Å². The Morgan fingerprint density at radius 3 is 2.80 bits per heavy atom. The van der Waals surface area contributed by atoms with Gasteiger partial charge in [0.25, 0.3) is 0 Å². The number of fused-ring (bicyclic) bond motifs is 1. The van der Waals surface area contributed by atoms with Gasteiger partial charge in [0.1, 0.15) is 0 Å². The molecule has 5 heteroatoms. The Kier molecular flexibility index (Phi) is 4.19. The molecule has 1 aliphatic rings. The molecule has 3 heterocycles. The summed E-state index contributed by atoms with van der Waals surface area (Å²) in [5.74, 6) is 0.176. The summed E-state index contributed by atoms with van der Waals surface area (Å²) in [4.78, 5) is 12.4. The minimum atomic E-state index is 0.176. The van der Waals surface area contributed by atoms with Crippen molar-refractivity contribution in [2.75, 3.05) is 27.2 Å². The van der Waals surface area contributed by atoms with Crippen LogP contribution >= 0.6 is 0 Å². The molecule has 0 spiro atoms. The highest BCUT2D eigenvalue weighted by Crippen LogP contribution is 2.35.